The molecule has 3 aromatic rings. The maximum atomic E-state index is 13.9. The fraction of sp³-hybridized carbons (Fsp3) is 0.258. The molecule has 4 N–H and O–H groups in total. The quantitative estimate of drug-likeness (QED) is 0.259. The van der Waals surface area contributed by atoms with Crippen LogP contribution in [0.1, 0.15) is 22.3 Å². The number of aliphatic hydroxyl groups excluding tert-OH is 1. The summed E-state index contributed by atoms with van der Waals surface area (Å²) in [5, 5.41) is 24.5. The molecule has 1 fully saturated rings. The van der Waals surface area contributed by atoms with E-state index in [-0.39, 0.29) is 42.3 Å². The number of para-hydroxylation sites is 2. The molecule has 0 aromatic heterocycles. The number of hydrogen-bond acceptors (Lipinski definition) is 9. The summed E-state index contributed by atoms with van der Waals surface area (Å²) in [6.45, 7) is -1.57. The van der Waals surface area contributed by atoms with Crippen LogP contribution in [0.2, 0.25) is 0 Å². The molecule has 3 atom stereocenters. The zero-order valence-electron chi connectivity index (χ0n) is 23.4. The number of aromatic hydroxyl groups is 1. The number of nitrogens with zero attached hydrogens (tertiary/aromatic N) is 2. The molecule has 0 bridgehead atoms. The Labute approximate surface area is 252 Å². The Kier molecular flexibility index (Phi) is 9.17. The molecule has 4 amide bonds. The Balaban J connectivity index is 1.36. The van der Waals surface area contributed by atoms with Gasteiger partial charge in [-0.05, 0) is 42.0 Å². The number of aliphatic hydroxyl groups is 1. The topological polar surface area (TPSA) is 175 Å². The number of ether oxygens (including phenoxy) is 2. The van der Waals surface area contributed by atoms with Gasteiger partial charge in [0.05, 0.1) is 30.9 Å². The minimum absolute atomic E-state index is 0.0542. The van der Waals surface area contributed by atoms with E-state index in [0.717, 1.165) is 10.5 Å². The van der Waals surface area contributed by atoms with Crippen LogP contribution in [0, 0.1) is 0 Å². The van der Waals surface area contributed by atoms with E-state index >= 15 is 0 Å². The van der Waals surface area contributed by atoms with Crippen molar-refractivity contribution >= 4 is 41.0 Å². The van der Waals surface area contributed by atoms with Gasteiger partial charge in [0.15, 0.2) is 0 Å². The van der Waals surface area contributed by atoms with E-state index in [0.29, 0.717) is 0 Å². The molecule has 13 nitrogen and oxygen atoms in total. The number of fused-ring (bicyclic) bond motifs is 1. The lowest BCUT2D eigenvalue weighted by Gasteiger charge is -2.26. The zero-order valence-corrected chi connectivity index (χ0v) is 23.4. The molecule has 0 saturated carbocycles. The third kappa shape index (κ3) is 6.85. The Morgan fingerprint density at radius 1 is 0.909 bits per heavy atom. The van der Waals surface area contributed by atoms with Gasteiger partial charge in [0.1, 0.15) is 31.0 Å². The summed E-state index contributed by atoms with van der Waals surface area (Å²) in [6, 6.07) is 18.8. The molecule has 228 valence electrons. The van der Waals surface area contributed by atoms with Crippen LogP contribution in [0.15, 0.2) is 78.9 Å². The summed E-state index contributed by atoms with van der Waals surface area (Å²) in [6.07, 6.45) is -1.19. The van der Waals surface area contributed by atoms with E-state index in [1.165, 1.54) is 35.2 Å². The van der Waals surface area contributed by atoms with Gasteiger partial charge in [-0.25, -0.2) is 0 Å². The number of carbonyl (C=O) groups is 5. The number of esters is 1. The molecule has 2 aliphatic rings. The van der Waals surface area contributed by atoms with E-state index in [9.17, 15) is 34.2 Å². The lowest BCUT2D eigenvalue weighted by atomic mass is 10.1. The molecular formula is C31H30N4O9. The summed E-state index contributed by atoms with van der Waals surface area (Å²) in [5.74, 6) is -3.32. The van der Waals surface area contributed by atoms with Crippen LogP contribution in [-0.2, 0) is 35.3 Å². The van der Waals surface area contributed by atoms with Gasteiger partial charge in [-0.3, -0.25) is 28.9 Å². The van der Waals surface area contributed by atoms with Crippen molar-refractivity contribution in [2.75, 3.05) is 29.5 Å². The summed E-state index contributed by atoms with van der Waals surface area (Å²) in [7, 11) is 0. The number of phenolic OH excluding ortho intramolecular Hbond substituents is 1. The first-order valence-corrected chi connectivity index (χ1v) is 13.8. The second-order valence-corrected chi connectivity index (χ2v) is 10.2. The van der Waals surface area contributed by atoms with Crippen LogP contribution in [0.4, 0.5) is 11.4 Å². The van der Waals surface area contributed by atoms with Crippen LogP contribution in [0.3, 0.4) is 0 Å². The van der Waals surface area contributed by atoms with Crippen molar-refractivity contribution in [1.29, 1.82) is 0 Å². The van der Waals surface area contributed by atoms with Gasteiger partial charge in [-0.2, -0.15) is 0 Å². The van der Waals surface area contributed by atoms with Gasteiger partial charge in [0.25, 0.3) is 17.7 Å². The fourth-order valence-electron chi connectivity index (χ4n) is 4.99. The Bertz CT molecular complexity index is 1550. The van der Waals surface area contributed by atoms with Crippen LogP contribution in [0.5, 0.6) is 5.75 Å². The van der Waals surface area contributed by atoms with Gasteiger partial charge >= 0.3 is 5.97 Å². The zero-order chi connectivity index (χ0) is 31.2. The average Bonchev–Trinajstić information content (AvgIpc) is 3.33. The molecule has 0 aliphatic carbocycles. The monoisotopic (exact) mass is 602 g/mol. The SMILES string of the molecule is O=C(CN1C(=O)[C@@H](NC(=O)c2ccc(O)cc2)CN(C(=O)CO)c2ccccc21)N[C@H]1CC(=O)OC1OCc1ccccc1. The predicted molar refractivity (Wildman–Crippen MR) is 155 cm³/mol. The highest BCUT2D eigenvalue weighted by atomic mass is 16.7. The first-order valence-electron chi connectivity index (χ1n) is 13.8. The lowest BCUT2D eigenvalue weighted by molar-refractivity contribution is -0.168. The first-order chi connectivity index (χ1) is 21.2. The first kappa shape index (κ1) is 30.2. The Morgan fingerprint density at radius 2 is 1.59 bits per heavy atom. The van der Waals surface area contributed by atoms with Crippen molar-refractivity contribution in [3.63, 3.8) is 0 Å². The van der Waals surface area contributed by atoms with Crippen molar-refractivity contribution in [3.8, 4) is 5.75 Å². The van der Waals surface area contributed by atoms with Crippen LogP contribution >= 0.6 is 0 Å². The van der Waals surface area contributed by atoms with Gasteiger partial charge in [-0.1, -0.05) is 42.5 Å². The number of phenols is 1. The molecule has 1 unspecified atom stereocenters. The van der Waals surface area contributed by atoms with Gasteiger partial charge in [-0.15, -0.1) is 0 Å². The number of rotatable bonds is 9. The van der Waals surface area contributed by atoms with E-state index in [4.69, 9.17) is 9.47 Å². The number of amides is 4. The standard InChI is InChI=1S/C31H30N4O9/c36-17-27(39)34-15-23(33-29(41)20-10-12-21(37)13-11-20)30(42)35(25-9-5-4-8-24(25)34)16-26(38)32-22-14-28(40)44-31(22)43-18-19-6-2-1-3-7-19/h1-13,22-23,31,36-37H,14-18H2,(H,32,38)(H,33,41)/t22-,23-,31?/m0/s1. The van der Waals surface area contributed by atoms with Crippen LogP contribution < -0.4 is 20.4 Å². The van der Waals surface area contributed by atoms with Gasteiger partial charge in [0, 0.05) is 5.56 Å². The highest BCUT2D eigenvalue weighted by molar-refractivity contribution is 6.11. The highest BCUT2D eigenvalue weighted by Crippen LogP contribution is 2.33. The van der Waals surface area contributed by atoms with E-state index in [1.54, 1.807) is 18.2 Å². The van der Waals surface area contributed by atoms with Crippen molar-refractivity contribution < 1.29 is 43.7 Å². The average molecular weight is 603 g/mol. The minimum Gasteiger partial charge on any atom is -0.508 e. The molecule has 44 heavy (non-hydrogen) atoms. The predicted octanol–water partition coefficient (Wildman–Crippen LogP) is 0.837. The maximum absolute atomic E-state index is 13.9. The number of carbonyl (C=O) groups excluding carboxylic acids is 5. The van der Waals surface area contributed by atoms with Crippen LogP contribution in [-0.4, -0.2) is 77.9 Å². The molecular weight excluding hydrogens is 572 g/mol. The third-order valence-electron chi connectivity index (χ3n) is 7.13. The second-order valence-electron chi connectivity index (χ2n) is 10.2. The fourth-order valence-corrected chi connectivity index (χ4v) is 4.99. The molecule has 3 aromatic carbocycles. The Hall–Kier alpha value is -5.27. The summed E-state index contributed by atoms with van der Waals surface area (Å²) in [5.41, 5.74) is 1.44. The van der Waals surface area contributed by atoms with Gasteiger partial charge < -0.3 is 35.2 Å². The molecule has 5 rings (SSSR count). The number of hydrogen-bond donors (Lipinski definition) is 4. The van der Waals surface area contributed by atoms with Crippen molar-refractivity contribution in [2.45, 2.75) is 31.4 Å². The largest absolute Gasteiger partial charge is 0.508 e. The van der Waals surface area contributed by atoms with Crippen LogP contribution in [0.25, 0.3) is 0 Å². The van der Waals surface area contributed by atoms with E-state index in [1.807, 2.05) is 30.3 Å². The van der Waals surface area contributed by atoms with E-state index < -0.39 is 61.1 Å². The summed E-state index contributed by atoms with van der Waals surface area (Å²) < 4.78 is 11.0. The molecule has 2 heterocycles. The normalized spacial score (nSPS) is 19.5. The van der Waals surface area contributed by atoms with Crippen molar-refractivity contribution in [2.24, 2.45) is 0 Å². The summed E-state index contributed by atoms with van der Waals surface area (Å²) in [4.78, 5) is 67.5. The number of cyclic esters (lactones) is 1. The number of anilines is 2. The molecule has 13 heteroatoms. The third-order valence-corrected chi connectivity index (χ3v) is 7.13. The molecule has 0 radical (unpaired) electrons. The minimum atomic E-state index is -1.31. The van der Waals surface area contributed by atoms with Crippen molar-refractivity contribution in [1.82, 2.24) is 10.6 Å². The van der Waals surface area contributed by atoms with Crippen molar-refractivity contribution in [3.05, 3.63) is 90.0 Å². The molecule has 2 aliphatic heterocycles. The maximum Gasteiger partial charge on any atom is 0.310 e. The lowest BCUT2D eigenvalue weighted by Crippen LogP contribution is -2.55. The number of benzene rings is 3. The van der Waals surface area contributed by atoms with Gasteiger partial charge in [0.2, 0.25) is 12.2 Å². The second kappa shape index (κ2) is 13.4. The molecule has 1 saturated heterocycles. The summed E-state index contributed by atoms with van der Waals surface area (Å²) >= 11 is 0. The highest BCUT2D eigenvalue weighted by Gasteiger charge is 2.40. The molecule has 0 spiro atoms. The Morgan fingerprint density at radius 3 is 2.30 bits per heavy atom. The van der Waals surface area contributed by atoms with E-state index in [2.05, 4.69) is 10.6 Å². The smallest absolute Gasteiger partial charge is 0.310 e. The number of nitrogens with one attached hydrogen (secondary N) is 2.